The molecule has 8 nitrogen and oxygen atoms in total. The highest BCUT2D eigenvalue weighted by atomic mass is 16.3. The van der Waals surface area contributed by atoms with Crippen molar-refractivity contribution in [1.82, 2.24) is 19.0 Å². The molecule has 0 aliphatic carbocycles. The van der Waals surface area contributed by atoms with Gasteiger partial charge in [0.1, 0.15) is 5.56 Å². The largest absolute Gasteiger partial charge is 0.494 e. The van der Waals surface area contributed by atoms with Crippen LogP contribution in [-0.4, -0.2) is 63.6 Å². The summed E-state index contributed by atoms with van der Waals surface area (Å²) < 4.78 is 1.97. The van der Waals surface area contributed by atoms with Crippen molar-refractivity contribution in [3.05, 3.63) is 26.4 Å². The van der Waals surface area contributed by atoms with E-state index < -0.39 is 11.2 Å². The standard InChI is InChI=1S/C12H19N5O3/c1-14-4-6-17(7-5-14)13-8-9-10(18)15(2)12(20)16(3)11(9)19/h8,18H,4-7H2,1-3H3. The predicted octanol–water partition coefficient (Wildman–Crippen LogP) is -1.63. The highest BCUT2D eigenvalue weighted by Gasteiger charge is 2.15. The van der Waals surface area contributed by atoms with Gasteiger partial charge in [-0.05, 0) is 7.05 Å². The fraction of sp³-hybridized carbons (Fsp3) is 0.583. The van der Waals surface area contributed by atoms with Gasteiger partial charge in [-0.2, -0.15) is 5.10 Å². The first kappa shape index (κ1) is 14.3. The molecule has 0 saturated carbocycles. The van der Waals surface area contributed by atoms with E-state index in [1.54, 1.807) is 0 Å². The van der Waals surface area contributed by atoms with Crippen molar-refractivity contribution in [2.75, 3.05) is 33.2 Å². The van der Waals surface area contributed by atoms with Gasteiger partial charge in [0, 0.05) is 40.3 Å². The lowest BCUT2D eigenvalue weighted by Gasteiger charge is -2.30. The van der Waals surface area contributed by atoms with Crippen molar-refractivity contribution >= 4 is 6.21 Å². The molecule has 20 heavy (non-hydrogen) atoms. The molecule has 1 aliphatic heterocycles. The molecule has 0 unspecified atom stereocenters. The number of hydrogen-bond acceptors (Lipinski definition) is 6. The predicted molar refractivity (Wildman–Crippen MR) is 75.3 cm³/mol. The van der Waals surface area contributed by atoms with Crippen LogP contribution in [-0.2, 0) is 14.1 Å². The van der Waals surface area contributed by atoms with Crippen LogP contribution in [0.1, 0.15) is 5.56 Å². The Kier molecular flexibility index (Phi) is 3.93. The fourth-order valence-corrected chi connectivity index (χ4v) is 2.02. The molecular formula is C12H19N5O3. The number of hydrazone groups is 1. The van der Waals surface area contributed by atoms with Crippen molar-refractivity contribution in [2.24, 2.45) is 19.2 Å². The molecule has 0 bridgehead atoms. The SMILES string of the molecule is CN1CCN(N=Cc2c(O)n(C)c(=O)n(C)c2=O)CC1. The minimum atomic E-state index is -0.566. The van der Waals surface area contributed by atoms with Crippen LogP contribution in [0.2, 0.25) is 0 Å². The average molecular weight is 281 g/mol. The Balaban J connectivity index is 2.30. The number of hydrogen-bond donors (Lipinski definition) is 1. The molecule has 2 rings (SSSR count). The van der Waals surface area contributed by atoms with Crippen LogP contribution < -0.4 is 11.2 Å². The van der Waals surface area contributed by atoms with Crippen LogP contribution in [0.5, 0.6) is 5.88 Å². The summed E-state index contributed by atoms with van der Waals surface area (Å²) >= 11 is 0. The number of rotatable bonds is 2. The van der Waals surface area contributed by atoms with E-state index in [4.69, 9.17) is 0 Å². The second-order valence-corrected chi connectivity index (χ2v) is 4.94. The number of likely N-dealkylation sites (N-methyl/N-ethyl adjacent to an activating group) is 1. The van der Waals surface area contributed by atoms with Crippen molar-refractivity contribution in [1.29, 1.82) is 0 Å². The van der Waals surface area contributed by atoms with Crippen molar-refractivity contribution in [2.45, 2.75) is 0 Å². The van der Waals surface area contributed by atoms with Crippen molar-refractivity contribution in [3.8, 4) is 5.88 Å². The molecule has 0 atom stereocenters. The second kappa shape index (κ2) is 5.49. The van der Waals surface area contributed by atoms with Crippen LogP contribution in [0.3, 0.4) is 0 Å². The Morgan fingerprint density at radius 3 is 2.25 bits per heavy atom. The van der Waals surface area contributed by atoms with Gasteiger partial charge in [0.25, 0.3) is 5.56 Å². The second-order valence-electron chi connectivity index (χ2n) is 4.94. The quantitative estimate of drug-likeness (QED) is 0.658. The van der Waals surface area contributed by atoms with E-state index in [1.165, 1.54) is 20.3 Å². The lowest BCUT2D eigenvalue weighted by molar-refractivity contribution is 0.159. The zero-order valence-electron chi connectivity index (χ0n) is 11.9. The van der Waals surface area contributed by atoms with Crippen LogP contribution in [0, 0.1) is 0 Å². The number of piperazine rings is 1. The van der Waals surface area contributed by atoms with E-state index in [0.29, 0.717) is 0 Å². The van der Waals surface area contributed by atoms with E-state index in [2.05, 4.69) is 10.0 Å². The van der Waals surface area contributed by atoms with E-state index in [9.17, 15) is 14.7 Å². The summed E-state index contributed by atoms with van der Waals surface area (Å²) in [5.74, 6) is -0.365. The summed E-state index contributed by atoms with van der Waals surface area (Å²) in [6, 6.07) is 0. The molecule has 0 amide bonds. The van der Waals surface area contributed by atoms with Gasteiger partial charge in [-0.1, -0.05) is 0 Å². The summed E-state index contributed by atoms with van der Waals surface area (Å²) in [6.45, 7) is 3.32. The smallest absolute Gasteiger partial charge is 0.333 e. The maximum atomic E-state index is 12.0. The lowest BCUT2D eigenvalue weighted by Crippen LogP contribution is -2.42. The first-order valence-corrected chi connectivity index (χ1v) is 6.38. The number of aromatic hydroxyl groups is 1. The van der Waals surface area contributed by atoms with Gasteiger partial charge in [-0.25, -0.2) is 4.79 Å². The van der Waals surface area contributed by atoms with Crippen LogP contribution in [0.15, 0.2) is 14.7 Å². The van der Waals surface area contributed by atoms with Gasteiger partial charge in [0.15, 0.2) is 0 Å². The highest BCUT2D eigenvalue weighted by Crippen LogP contribution is 2.07. The summed E-state index contributed by atoms with van der Waals surface area (Å²) in [7, 11) is 4.82. The molecule has 1 aromatic rings. The van der Waals surface area contributed by atoms with Gasteiger partial charge in [-0.15, -0.1) is 0 Å². The molecule has 1 aromatic heterocycles. The third-order valence-electron chi connectivity index (χ3n) is 3.50. The Morgan fingerprint density at radius 2 is 1.65 bits per heavy atom. The van der Waals surface area contributed by atoms with Crippen LogP contribution in [0.25, 0.3) is 0 Å². The molecule has 110 valence electrons. The van der Waals surface area contributed by atoms with E-state index in [0.717, 1.165) is 35.3 Å². The summed E-state index contributed by atoms with van der Waals surface area (Å²) in [5, 5.41) is 15.9. The van der Waals surface area contributed by atoms with E-state index >= 15 is 0 Å². The molecule has 2 heterocycles. The molecule has 8 heteroatoms. The topological polar surface area (TPSA) is 83.1 Å². The van der Waals surface area contributed by atoms with Gasteiger partial charge < -0.3 is 10.0 Å². The molecule has 0 radical (unpaired) electrons. The van der Waals surface area contributed by atoms with Crippen LogP contribution in [0.4, 0.5) is 0 Å². The third kappa shape index (κ3) is 2.60. The molecular weight excluding hydrogens is 262 g/mol. The highest BCUT2D eigenvalue weighted by molar-refractivity contribution is 5.81. The normalized spacial score (nSPS) is 17.1. The van der Waals surface area contributed by atoms with Crippen molar-refractivity contribution in [3.63, 3.8) is 0 Å². The average Bonchev–Trinajstić information content (AvgIpc) is 2.45. The van der Waals surface area contributed by atoms with Gasteiger partial charge >= 0.3 is 5.69 Å². The summed E-state index contributed by atoms with van der Waals surface area (Å²) in [5.41, 5.74) is -1.10. The third-order valence-corrected chi connectivity index (χ3v) is 3.50. The Morgan fingerprint density at radius 1 is 1.05 bits per heavy atom. The Labute approximate surface area is 116 Å². The van der Waals surface area contributed by atoms with Gasteiger partial charge in [0.2, 0.25) is 5.88 Å². The minimum Gasteiger partial charge on any atom is -0.494 e. The summed E-state index contributed by atoms with van der Waals surface area (Å²) in [4.78, 5) is 25.8. The molecule has 1 fully saturated rings. The summed E-state index contributed by atoms with van der Waals surface area (Å²) in [6.07, 6.45) is 1.32. The van der Waals surface area contributed by atoms with Gasteiger partial charge in [0.05, 0.1) is 6.21 Å². The molecule has 1 saturated heterocycles. The molecule has 0 aromatic carbocycles. The zero-order valence-corrected chi connectivity index (χ0v) is 11.9. The first-order valence-electron chi connectivity index (χ1n) is 6.38. The van der Waals surface area contributed by atoms with E-state index in [-0.39, 0.29) is 11.4 Å². The Bertz CT molecular complexity index is 638. The van der Waals surface area contributed by atoms with Crippen molar-refractivity contribution < 1.29 is 5.11 Å². The van der Waals surface area contributed by atoms with Gasteiger partial charge in [-0.3, -0.25) is 18.9 Å². The molecule has 0 spiro atoms. The Hall–Kier alpha value is -2.09. The molecule has 1 aliphatic rings. The first-order chi connectivity index (χ1) is 9.41. The minimum absolute atomic E-state index is 0.0218. The number of nitrogens with zero attached hydrogens (tertiary/aromatic N) is 5. The molecule has 1 N–H and O–H groups in total. The monoisotopic (exact) mass is 281 g/mol. The zero-order chi connectivity index (χ0) is 14.9. The lowest BCUT2D eigenvalue weighted by atomic mass is 10.3. The van der Waals surface area contributed by atoms with Crippen LogP contribution >= 0.6 is 0 Å². The maximum absolute atomic E-state index is 12.0. The maximum Gasteiger partial charge on any atom is 0.333 e. The van der Waals surface area contributed by atoms with E-state index in [1.807, 2.05) is 12.1 Å². The fourth-order valence-electron chi connectivity index (χ4n) is 2.02. The number of aromatic nitrogens is 2.